The first-order chi connectivity index (χ1) is 10.7. The van der Waals surface area contributed by atoms with Crippen LogP contribution in [0.15, 0.2) is 0 Å². The Morgan fingerprint density at radius 1 is 1.04 bits per heavy atom. The van der Waals surface area contributed by atoms with Crippen molar-refractivity contribution in [3.63, 3.8) is 0 Å². The van der Waals surface area contributed by atoms with E-state index in [1.165, 1.54) is 51.9 Å². The smallest absolute Gasteiger partial charge is 0.306 e. The summed E-state index contributed by atoms with van der Waals surface area (Å²) in [6.07, 6.45) is 5.44. The Hall–Kier alpha value is -0.610. The number of ether oxygens (including phenoxy) is 1. The highest BCUT2D eigenvalue weighted by Crippen LogP contribution is 2.31. The van der Waals surface area contributed by atoms with E-state index in [-0.39, 0.29) is 11.6 Å². The van der Waals surface area contributed by atoms with Gasteiger partial charge in [-0.25, -0.2) is 0 Å². The lowest BCUT2D eigenvalue weighted by atomic mass is 9.83. The van der Waals surface area contributed by atoms with E-state index in [1.807, 2.05) is 20.8 Å². The summed E-state index contributed by atoms with van der Waals surface area (Å²) in [4.78, 5) is 17.2. The number of nitrogens with zero attached hydrogens (tertiary/aromatic N) is 2. The quantitative estimate of drug-likeness (QED) is 0.743. The van der Waals surface area contributed by atoms with Gasteiger partial charge in [0.15, 0.2) is 0 Å². The molecule has 1 saturated heterocycles. The molecule has 134 valence electrons. The van der Waals surface area contributed by atoms with Crippen LogP contribution in [0.1, 0.15) is 66.7 Å². The molecule has 2 fully saturated rings. The van der Waals surface area contributed by atoms with Crippen LogP contribution in [0.5, 0.6) is 0 Å². The van der Waals surface area contributed by atoms with Gasteiger partial charge in [0.1, 0.15) is 5.60 Å². The third-order valence-corrected chi connectivity index (χ3v) is 5.29. The fraction of sp³-hybridized carbons (Fsp3) is 0.947. The lowest BCUT2D eigenvalue weighted by Gasteiger charge is -2.43. The monoisotopic (exact) mass is 324 g/mol. The lowest BCUT2D eigenvalue weighted by molar-refractivity contribution is -0.156. The van der Waals surface area contributed by atoms with Gasteiger partial charge in [0.2, 0.25) is 0 Å². The van der Waals surface area contributed by atoms with Crippen molar-refractivity contribution in [3.05, 3.63) is 0 Å². The Morgan fingerprint density at radius 2 is 1.61 bits per heavy atom. The van der Waals surface area contributed by atoms with Crippen LogP contribution in [0.25, 0.3) is 0 Å². The molecule has 4 nitrogen and oxygen atoms in total. The Kier molecular flexibility index (Phi) is 6.49. The van der Waals surface area contributed by atoms with Crippen molar-refractivity contribution >= 4 is 5.97 Å². The van der Waals surface area contributed by atoms with Crippen LogP contribution in [0, 0.1) is 5.92 Å². The molecule has 0 atom stereocenters. The number of piperazine rings is 1. The third-order valence-electron chi connectivity index (χ3n) is 5.29. The van der Waals surface area contributed by atoms with Crippen LogP contribution >= 0.6 is 0 Å². The summed E-state index contributed by atoms with van der Waals surface area (Å²) in [5.41, 5.74) is -0.357. The maximum atomic E-state index is 12.0. The van der Waals surface area contributed by atoms with Gasteiger partial charge in [-0.3, -0.25) is 14.6 Å². The average molecular weight is 325 g/mol. The van der Waals surface area contributed by atoms with E-state index in [0.717, 1.165) is 6.04 Å². The minimum Gasteiger partial charge on any atom is -0.460 e. The molecule has 0 N–H and O–H groups in total. The number of carbonyl (C=O) groups is 1. The molecule has 0 unspecified atom stereocenters. The molecule has 0 amide bonds. The Balaban J connectivity index is 1.69. The molecule has 23 heavy (non-hydrogen) atoms. The first-order valence-electron chi connectivity index (χ1n) is 9.44. The fourth-order valence-electron chi connectivity index (χ4n) is 3.95. The van der Waals surface area contributed by atoms with E-state index < -0.39 is 0 Å². The molecule has 0 aromatic carbocycles. The second kappa shape index (κ2) is 7.98. The third kappa shape index (κ3) is 6.07. The van der Waals surface area contributed by atoms with Crippen molar-refractivity contribution in [1.82, 2.24) is 9.80 Å². The molecule has 0 spiro atoms. The highest BCUT2D eigenvalue weighted by molar-refractivity contribution is 5.70. The zero-order chi connectivity index (χ0) is 17.0. The molecule has 0 aromatic rings. The first kappa shape index (κ1) is 18.7. The topological polar surface area (TPSA) is 32.8 Å². The predicted molar refractivity (Wildman–Crippen MR) is 94.5 cm³/mol. The van der Waals surface area contributed by atoms with Crippen molar-refractivity contribution in [2.45, 2.75) is 84.4 Å². The van der Waals surface area contributed by atoms with Crippen LogP contribution in [0.3, 0.4) is 0 Å². The first-order valence-corrected chi connectivity index (χ1v) is 9.44. The van der Waals surface area contributed by atoms with E-state index in [9.17, 15) is 4.79 Å². The minimum atomic E-state index is -0.357. The van der Waals surface area contributed by atoms with E-state index in [4.69, 9.17) is 4.74 Å². The van der Waals surface area contributed by atoms with Gasteiger partial charge in [0, 0.05) is 44.7 Å². The molecule has 1 aliphatic carbocycles. The highest BCUT2D eigenvalue weighted by Gasteiger charge is 2.30. The van der Waals surface area contributed by atoms with Gasteiger partial charge in [-0.1, -0.05) is 0 Å². The fourth-order valence-corrected chi connectivity index (χ4v) is 3.95. The average Bonchev–Trinajstić information content (AvgIpc) is 2.46. The lowest BCUT2D eigenvalue weighted by Crippen LogP contribution is -2.52. The molecular formula is C19H36N2O2. The number of hydrogen-bond donors (Lipinski definition) is 0. The summed E-state index contributed by atoms with van der Waals surface area (Å²) >= 11 is 0. The van der Waals surface area contributed by atoms with Gasteiger partial charge in [-0.15, -0.1) is 0 Å². The van der Waals surface area contributed by atoms with Gasteiger partial charge < -0.3 is 4.74 Å². The largest absolute Gasteiger partial charge is 0.460 e. The second-order valence-electron chi connectivity index (χ2n) is 8.63. The van der Waals surface area contributed by atoms with Crippen LogP contribution < -0.4 is 0 Å². The Morgan fingerprint density at radius 3 is 2.09 bits per heavy atom. The molecule has 0 radical (unpaired) electrons. The van der Waals surface area contributed by atoms with E-state index in [2.05, 4.69) is 23.6 Å². The van der Waals surface area contributed by atoms with Crippen LogP contribution in [-0.2, 0) is 9.53 Å². The number of carbonyl (C=O) groups excluding carboxylic acids is 1. The Bertz CT molecular complexity index is 373. The van der Waals surface area contributed by atoms with Gasteiger partial charge in [0.25, 0.3) is 0 Å². The van der Waals surface area contributed by atoms with Gasteiger partial charge in [0.05, 0.1) is 0 Å². The van der Waals surface area contributed by atoms with Gasteiger partial charge in [-0.2, -0.15) is 0 Å². The van der Waals surface area contributed by atoms with Crippen LogP contribution in [-0.4, -0.2) is 59.6 Å². The zero-order valence-corrected chi connectivity index (χ0v) is 15.8. The normalized spacial score (nSPS) is 28.1. The van der Waals surface area contributed by atoms with Crippen molar-refractivity contribution in [1.29, 1.82) is 0 Å². The molecule has 1 aliphatic heterocycles. The summed E-state index contributed by atoms with van der Waals surface area (Å²) in [5, 5.41) is 0. The summed E-state index contributed by atoms with van der Waals surface area (Å²) < 4.78 is 5.46. The maximum absolute atomic E-state index is 12.0. The summed E-state index contributed by atoms with van der Waals surface area (Å²) in [5.74, 6) is 0.504. The van der Waals surface area contributed by atoms with E-state index in [0.29, 0.717) is 18.4 Å². The van der Waals surface area contributed by atoms with Gasteiger partial charge >= 0.3 is 5.97 Å². The van der Waals surface area contributed by atoms with Crippen molar-refractivity contribution in [2.24, 2.45) is 5.92 Å². The van der Waals surface area contributed by atoms with Gasteiger partial charge in [-0.05, 0) is 66.2 Å². The van der Waals surface area contributed by atoms with Crippen LogP contribution in [0.2, 0.25) is 0 Å². The molecule has 0 bridgehead atoms. The molecule has 0 aromatic heterocycles. The maximum Gasteiger partial charge on any atom is 0.306 e. The zero-order valence-electron chi connectivity index (χ0n) is 15.8. The van der Waals surface area contributed by atoms with Crippen molar-refractivity contribution in [2.75, 3.05) is 26.2 Å². The second-order valence-corrected chi connectivity index (χ2v) is 8.63. The molecule has 2 aliphatic rings. The molecule has 4 heteroatoms. The number of rotatable bonds is 4. The van der Waals surface area contributed by atoms with Crippen molar-refractivity contribution < 1.29 is 9.53 Å². The molecular weight excluding hydrogens is 288 g/mol. The summed E-state index contributed by atoms with van der Waals surface area (Å²) in [6, 6.07) is 1.40. The molecule has 1 heterocycles. The highest BCUT2D eigenvalue weighted by atomic mass is 16.6. The van der Waals surface area contributed by atoms with E-state index >= 15 is 0 Å². The van der Waals surface area contributed by atoms with Crippen LogP contribution in [0.4, 0.5) is 0 Å². The summed E-state index contributed by atoms with van der Waals surface area (Å²) in [7, 11) is 0. The predicted octanol–water partition coefficient (Wildman–Crippen LogP) is 3.30. The number of hydrogen-bond acceptors (Lipinski definition) is 4. The standard InChI is InChI=1S/C19H36N2O2/c1-15(2)20-10-12-21(13-11-20)17-8-6-16(7-9-17)14-18(22)23-19(3,4)5/h15-17H,6-14H2,1-5H3. The minimum absolute atomic E-state index is 0.0218. The summed E-state index contributed by atoms with van der Waals surface area (Å²) in [6.45, 7) is 15.2. The van der Waals surface area contributed by atoms with E-state index in [1.54, 1.807) is 0 Å². The Labute approximate surface area is 142 Å². The molecule has 1 saturated carbocycles. The van der Waals surface area contributed by atoms with Crippen molar-refractivity contribution in [3.8, 4) is 0 Å². The molecule has 2 rings (SSSR count). The SMILES string of the molecule is CC(C)N1CCN(C2CCC(CC(=O)OC(C)(C)C)CC2)CC1. The number of esters is 1.